The van der Waals surface area contributed by atoms with E-state index < -0.39 is 0 Å². The molecular formula is C21H15NO3. The van der Waals surface area contributed by atoms with Gasteiger partial charge in [-0.1, -0.05) is 30.3 Å². The molecule has 25 heavy (non-hydrogen) atoms. The third-order valence-corrected chi connectivity index (χ3v) is 4.23. The average molecular weight is 329 g/mol. The molecule has 1 N–H and O–H groups in total. The predicted molar refractivity (Wildman–Crippen MR) is 99.1 cm³/mol. The molecule has 4 nitrogen and oxygen atoms in total. The van der Waals surface area contributed by atoms with E-state index in [1.165, 1.54) is 0 Å². The van der Waals surface area contributed by atoms with Crippen molar-refractivity contribution in [3.63, 3.8) is 0 Å². The van der Waals surface area contributed by atoms with Crippen LogP contribution in [-0.4, -0.2) is 5.91 Å². The number of aryl methyl sites for hydroxylation is 1. The zero-order chi connectivity index (χ0) is 17.4. The Bertz CT molecular complexity index is 1170. The Balaban J connectivity index is 1.77. The number of carbonyl (C=O) groups is 1. The molecule has 1 heterocycles. The summed E-state index contributed by atoms with van der Waals surface area (Å²) in [6.07, 6.45) is 0. The van der Waals surface area contributed by atoms with Crippen molar-refractivity contribution in [3.05, 3.63) is 88.1 Å². The topological polar surface area (TPSA) is 59.3 Å². The molecule has 1 aromatic heterocycles. The van der Waals surface area contributed by atoms with Crippen molar-refractivity contribution in [2.45, 2.75) is 6.92 Å². The highest BCUT2D eigenvalue weighted by Crippen LogP contribution is 2.22. The smallest absolute Gasteiger partial charge is 0.255 e. The number of fused-ring (bicyclic) bond motifs is 2. The number of benzene rings is 3. The number of amides is 1. The molecule has 122 valence electrons. The van der Waals surface area contributed by atoms with Gasteiger partial charge in [0.1, 0.15) is 11.2 Å². The van der Waals surface area contributed by atoms with Crippen LogP contribution in [-0.2, 0) is 0 Å². The lowest BCUT2D eigenvalue weighted by molar-refractivity contribution is 0.102. The second-order valence-electron chi connectivity index (χ2n) is 5.91. The fourth-order valence-electron chi connectivity index (χ4n) is 2.90. The summed E-state index contributed by atoms with van der Waals surface area (Å²) in [5, 5.41) is 3.90. The Morgan fingerprint density at radius 2 is 1.60 bits per heavy atom. The third-order valence-electron chi connectivity index (χ3n) is 4.23. The van der Waals surface area contributed by atoms with Gasteiger partial charge in [-0.2, -0.15) is 0 Å². The van der Waals surface area contributed by atoms with Gasteiger partial charge in [-0.05, 0) is 42.8 Å². The predicted octanol–water partition coefficient (Wildman–Crippen LogP) is 4.51. The van der Waals surface area contributed by atoms with E-state index in [1.807, 2.05) is 37.3 Å². The summed E-state index contributed by atoms with van der Waals surface area (Å²) >= 11 is 0. The highest BCUT2D eigenvalue weighted by molar-refractivity contribution is 6.06. The van der Waals surface area contributed by atoms with Crippen molar-refractivity contribution in [2.75, 3.05) is 5.32 Å². The van der Waals surface area contributed by atoms with Gasteiger partial charge in [0.25, 0.3) is 5.91 Å². The van der Waals surface area contributed by atoms with Gasteiger partial charge in [0.05, 0.1) is 10.8 Å². The Kier molecular flexibility index (Phi) is 3.58. The molecule has 0 fully saturated rings. The summed E-state index contributed by atoms with van der Waals surface area (Å²) in [7, 11) is 0. The maximum absolute atomic E-state index is 12.5. The fraction of sp³-hybridized carbons (Fsp3) is 0.0476. The molecule has 0 aliphatic rings. The molecule has 4 heteroatoms. The monoisotopic (exact) mass is 329 g/mol. The van der Waals surface area contributed by atoms with Crippen LogP contribution in [0.5, 0.6) is 0 Å². The van der Waals surface area contributed by atoms with Gasteiger partial charge >= 0.3 is 0 Å². The molecule has 1 amide bonds. The van der Waals surface area contributed by atoms with Gasteiger partial charge in [-0.3, -0.25) is 9.59 Å². The van der Waals surface area contributed by atoms with Gasteiger partial charge in [0.2, 0.25) is 5.43 Å². The molecule has 4 rings (SSSR count). The Hall–Kier alpha value is -3.40. The van der Waals surface area contributed by atoms with E-state index in [-0.39, 0.29) is 11.3 Å². The van der Waals surface area contributed by atoms with Crippen LogP contribution in [0.1, 0.15) is 15.9 Å². The normalized spacial score (nSPS) is 10.9. The minimum atomic E-state index is -0.194. The summed E-state index contributed by atoms with van der Waals surface area (Å²) in [6, 6.07) is 19.6. The van der Waals surface area contributed by atoms with Crippen LogP contribution in [0.15, 0.2) is 75.9 Å². The van der Waals surface area contributed by atoms with E-state index in [1.54, 1.807) is 36.4 Å². The standard InChI is InChI=1S/C21H15NO3/c1-13-6-2-3-7-15(13)21(24)22-14-10-11-17-19(12-14)25-18-9-5-4-8-16(18)20(17)23/h2-12H,1H3,(H,22,24). The third kappa shape index (κ3) is 2.68. The number of hydrogen-bond acceptors (Lipinski definition) is 3. The number of hydrogen-bond donors (Lipinski definition) is 1. The van der Waals surface area contributed by atoms with Crippen LogP contribution in [0.4, 0.5) is 5.69 Å². The molecule has 0 spiro atoms. The van der Waals surface area contributed by atoms with Crippen LogP contribution < -0.4 is 10.7 Å². The maximum Gasteiger partial charge on any atom is 0.255 e. The first kappa shape index (κ1) is 15.1. The van der Waals surface area contributed by atoms with Crippen LogP contribution in [0.3, 0.4) is 0 Å². The quantitative estimate of drug-likeness (QED) is 0.551. The van der Waals surface area contributed by atoms with E-state index in [4.69, 9.17) is 4.42 Å². The first-order chi connectivity index (χ1) is 12.1. The van der Waals surface area contributed by atoms with E-state index in [2.05, 4.69) is 5.32 Å². The Morgan fingerprint density at radius 1 is 0.880 bits per heavy atom. The van der Waals surface area contributed by atoms with Gasteiger partial charge in [0.15, 0.2) is 0 Å². The number of carbonyl (C=O) groups excluding carboxylic acids is 1. The summed E-state index contributed by atoms with van der Waals surface area (Å²) < 4.78 is 5.83. The SMILES string of the molecule is Cc1ccccc1C(=O)Nc1ccc2c(=O)c3ccccc3oc2c1. The summed E-state index contributed by atoms with van der Waals surface area (Å²) in [5.41, 5.74) is 3.00. The molecule has 0 radical (unpaired) electrons. The second kappa shape index (κ2) is 5.91. The zero-order valence-electron chi connectivity index (χ0n) is 13.6. The lowest BCUT2D eigenvalue weighted by Crippen LogP contribution is -2.13. The molecule has 0 saturated heterocycles. The minimum Gasteiger partial charge on any atom is -0.456 e. The van der Waals surface area contributed by atoms with Crippen LogP contribution >= 0.6 is 0 Å². The first-order valence-corrected chi connectivity index (χ1v) is 7.96. The van der Waals surface area contributed by atoms with E-state index >= 15 is 0 Å². The first-order valence-electron chi connectivity index (χ1n) is 7.96. The maximum atomic E-state index is 12.5. The molecule has 0 atom stereocenters. The summed E-state index contributed by atoms with van der Waals surface area (Å²) in [5.74, 6) is -0.194. The van der Waals surface area contributed by atoms with Crippen LogP contribution in [0.25, 0.3) is 21.9 Å². The molecule has 0 aliphatic heterocycles. The number of anilines is 1. The van der Waals surface area contributed by atoms with Crippen molar-refractivity contribution in [3.8, 4) is 0 Å². The molecule has 0 unspecified atom stereocenters. The van der Waals surface area contributed by atoms with E-state index in [0.29, 0.717) is 33.2 Å². The van der Waals surface area contributed by atoms with E-state index in [9.17, 15) is 9.59 Å². The van der Waals surface area contributed by atoms with Crippen molar-refractivity contribution in [1.82, 2.24) is 0 Å². The van der Waals surface area contributed by atoms with Gasteiger partial charge < -0.3 is 9.73 Å². The largest absolute Gasteiger partial charge is 0.456 e. The highest BCUT2D eigenvalue weighted by atomic mass is 16.3. The van der Waals surface area contributed by atoms with E-state index in [0.717, 1.165) is 5.56 Å². The van der Waals surface area contributed by atoms with Crippen molar-refractivity contribution in [2.24, 2.45) is 0 Å². The fourth-order valence-corrected chi connectivity index (χ4v) is 2.90. The summed E-state index contributed by atoms with van der Waals surface area (Å²) in [6.45, 7) is 1.89. The molecule has 4 aromatic rings. The van der Waals surface area contributed by atoms with Gasteiger partial charge in [0, 0.05) is 17.3 Å². The van der Waals surface area contributed by atoms with Crippen LogP contribution in [0, 0.1) is 6.92 Å². The Morgan fingerprint density at radius 3 is 2.44 bits per heavy atom. The Labute approximate surface area is 143 Å². The van der Waals surface area contributed by atoms with Crippen molar-refractivity contribution >= 4 is 33.5 Å². The van der Waals surface area contributed by atoms with Crippen LogP contribution in [0.2, 0.25) is 0 Å². The second-order valence-corrected chi connectivity index (χ2v) is 5.91. The average Bonchev–Trinajstić information content (AvgIpc) is 2.62. The number of rotatable bonds is 2. The molecule has 0 aliphatic carbocycles. The van der Waals surface area contributed by atoms with Gasteiger partial charge in [-0.25, -0.2) is 0 Å². The number of para-hydroxylation sites is 1. The molecular weight excluding hydrogens is 314 g/mol. The number of nitrogens with one attached hydrogen (secondary N) is 1. The molecule has 0 bridgehead atoms. The minimum absolute atomic E-state index is 0.0753. The van der Waals surface area contributed by atoms with Crippen molar-refractivity contribution < 1.29 is 9.21 Å². The zero-order valence-corrected chi connectivity index (χ0v) is 13.6. The van der Waals surface area contributed by atoms with Crippen molar-refractivity contribution in [1.29, 1.82) is 0 Å². The summed E-state index contributed by atoms with van der Waals surface area (Å²) in [4.78, 5) is 25.0. The molecule has 3 aromatic carbocycles. The lowest BCUT2D eigenvalue weighted by Gasteiger charge is -2.08. The lowest BCUT2D eigenvalue weighted by atomic mass is 10.1. The highest BCUT2D eigenvalue weighted by Gasteiger charge is 2.11. The molecule has 0 saturated carbocycles. The van der Waals surface area contributed by atoms with Gasteiger partial charge in [-0.15, -0.1) is 0 Å².